The van der Waals surface area contributed by atoms with Gasteiger partial charge >= 0.3 is 0 Å². The quantitative estimate of drug-likeness (QED) is 0.0524. The monoisotopic (exact) mass is 1470 g/mol. The summed E-state index contributed by atoms with van der Waals surface area (Å²) in [7, 11) is 8.61. The largest absolute Gasteiger partial charge is 0.393 e. The number of likely N-dealkylation sites (tertiary alicyclic amines) is 1. The van der Waals surface area contributed by atoms with E-state index in [4.69, 9.17) is 5.73 Å². The van der Waals surface area contributed by atoms with E-state index in [0.717, 1.165) is 17.7 Å². The SMILES string of the molecule is CCCCN(CC(=O)N(C)[C@@H](Cc1ccccc1)C(=O)N[C@H](C(=O)N(C)[C@@H](CC(C)C)C(N)=O)[C@@H](C)CC)C(=O)C[C@H](NC(=O)[C@H]([C@@H](C)CC)N(C)C(=O)[C@H](CCC(=O)NC)NC(=O)[C@H](CC(C)C)N(C)C(=O)[C@H](Cc1ccccc1)N(C)C(=O)CN(CCCC)C(=O)C[C@@H](C)O)C(=O)N1CCCCC1. The number of hydrogen-bond donors (Lipinski definition) is 6. The van der Waals surface area contributed by atoms with Crippen LogP contribution in [0.15, 0.2) is 60.7 Å². The van der Waals surface area contributed by atoms with Gasteiger partial charge in [0, 0.05) is 87.7 Å². The highest BCUT2D eigenvalue weighted by Gasteiger charge is 2.43. The summed E-state index contributed by atoms with van der Waals surface area (Å²) in [5.41, 5.74) is 7.20. The molecule has 11 atom stereocenters. The van der Waals surface area contributed by atoms with Crippen LogP contribution in [-0.4, -0.2) is 257 Å². The number of nitrogens with two attached hydrogens (primary N) is 1. The second-order valence-electron chi connectivity index (χ2n) is 29.5. The number of unbranched alkanes of at least 4 members (excludes halogenated alkanes) is 2. The summed E-state index contributed by atoms with van der Waals surface area (Å²) in [6.45, 7) is 20.1. The van der Waals surface area contributed by atoms with Crippen LogP contribution in [0.3, 0.4) is 0 Å². The van der Waals surface area contributed by atoms with Gasteiger partial charge in [-0.3, -0.25) is 62.3 Å². The van der Waals surface area contributed by atoms with Crippen molar-refractivity contribution in [1.82, 2.24) is 60.5 Å². The number of piperidine rings is 1. The molecule has 1 aliphatic heterocycles. The lowest BCUT2D eigenvalue weighted by Crippen LogP contribution is -2.61. The fourth-order valence-electron chi connectivity index (χ4n) is 13.0. The first-order chi connectivity index (χ1) is 49.6. The maximum Gasteiger partial charge on any atom is 0.246 e. The maximum absolute atomic E-state index is 15.4. The van der Waals surface area contributed by atoms with E-state index in [1.165, 1.54) is 78.6 Å². The second-order valence-corrected chi connectivity index (χ2v) is 29.5. The number of aliphatic hydroxyl groups is 1. The zero-order chi connectivity index (χ0) is 78.9. The third kappa shape index (κ3) is 28.7. The summed E-state index contributed by atoms with van der Waals surface area (Å²) in [6, 6.07) is 7.85. The number of nitrogens with zero attached hydrogens (tertiary/aromatic N) is 8. The molecule has 0 spiro atoms. The molecule has 1 aliphatic rings. The first-order valence-electron chi connectivity index (χ1n) is 37.9. The van der Waals surface area contributed by atoms with Gasteiger partial charge in [0.05, 0.1) is 32.0 Å². The van der Waals surface area contributed by atoms with Crippen LogP contribution in [0.2, 0.25) is 0 Å². The average Bonchev–Trinajstić information content (AvgIpc) is 0.818. The lowest BCUT2D eigenvalue weighted by atomic mass is 9.95. The Labute approximate surface area is 624 Å². The molecule has 0 unspecified atom stereocenters. The van der Waals surface area contributed by atoms with Gasteiger partial charge < -0.3 is 71.3 Å². The lowest BCUT2D eigenvalue weighted by molar-refractivity contribution is -0.150. The summed E-state index contributed by atoms with van der Waals surface area (Å²) in [6.07, 6.45) is 3.37. The Morgan fingerprint density at radius 2 is 0.962 bits per heavy atom. The molecular formula is C78H127N13O14. The van der Waals surface area contributed by atoms with Crippen LogP contribution in [0.1, 0.15) is 184 Å². The van der Waals surface area contributed by atoms with Crippen molar-refractivity contribution in [3.05, 3.63) is 71.8 Å². The van der Waals surface area contributed by atoms with Gasteiger partial charge in [-0.15, -0.1) is 0 Å². The van der Waals surface area contributed by atoms with Gasteiger partial charge in [0.2, 0.25) is 76.8 Å². The summed E-state index contributed by atoms with van der Waals surface area (Å²) in [4.78, 5) is 199. The first-order valence-corrected chi connectivity index (χ1v) is 37.9. The normalized spacial score (nSPS) is 15.3. The van der Waals surface area contributed by atoms with Gasteiger partial charge in [0.15, 0.2) is 0 Å². The topological polar surface area (TPSA) is 342 Å². The van der Waals surface area contributed by atoms with Gasteiger partial charge in [-0.25, -0.2) is 0 Å². The minimum atomic E-state index is -1.51. The van der Waals surface area contributed by atoms with Crippen molar-refractivity contribution in [2.75, 3.05) is 81.6 Å². The van der Waals surface area contributed by atoms with Crippen LogP contribution in [0, 0.1) is 23.7 Å². The molecule has 0 bridgehead atoms. The highest BCUT2D eigenvalue weighted by atomic mass is 16.3. The Morgan fingerprint density at radius 1 is 0.505 bits per heavy atom. The predicted molar refractivity (Wildman–Crippen MR) is 404 cm³/mol. The Hall–Kier alpha value is -8.49. The Kier molecular flexibility index (Phi) is 39.6. The first kappa shape index (κ1) is 90.7. The van der Waals surface area contributed by atoms with Crippen LogP contribution >= 0.6 is 0 Å². The molecular weight excluding hydrogens is 1340 g/mol. The van der Waals surface area contributed by atoms with E-state index < -0.39 is 156 Å². The summed E-state index contributed by atoms with van der Waals surface area (Å²) >= 11 is 0. The maximum atomic E-state index is 15.4. The van der Waals surface area contributed by atoms with Crippen molar-refractivity contribution in [3.63, 3.8) is 0 Å². The van der Waals surface area contributed by atoms with Crippen molar-refractivity contribution in [3.8, 4) is 0 Å². The van der Waals surface area contributed by atoms with E-state index >= 15 is 24.0 Å². The molecule has 7 N–H and O–H groups in total. The van der Waals surface area contributed by atoms with Crippen LogP contribution in [0.5, 0.6) is 0 Å². The number of carbonyl (C=O) groups is 13. The molecule has 105 heavy (non-hydrogen) atoms. The van der Waals surface area contributed by atoms with Crippen LogP contribution in [0.25, 0.3) is 0 Å². The van der Waals surface area contributed by atoms with E-state index in [1.54, 1.807) is 86.3 Å². The fraction of sp³-hybridized carbons (Fsp3) is 0.679. The molecule has 1 saturated heterocycles. The number of primary amides is 1. The van der Waals surface area contributed by atoms with Crippen LogP contribution in [0.4, 0.5) is 0 Å². The molecule has 2 aromatic rings. The van der Waals surface area contributed by atoms with Crippen molar-refractivity contribution in [2.24, 2.45) is 29.4 Å². The van der Waals surface area contributed by atoms with Gasteiger partial charge in [-0.1, -0.05) is 156 Å². The molecule has 0 aliphatic carbocycles. The lowest BCUT2D eigenvalue weighted by Gasteiger charge is -2.38. The molecule has 3 rings (SSSR count). The van der Waals surface area contributed by atoms with E-state index in [2.05, 4.69) is 21.3 Å². The molecule has 1 heterocycles. The molecule has 13 amide bonds. The van der Waals surface area contributed by atoms with Crippen LogP contribution in [-0.2, 0) is 75.2 Å². The molecule has 0 radical (unpaired) electrons. The van der Waals surface area contributed by atoms with Gasteiger partial charge in [0.1, 0.15) is 48.3 Å². The molecule has 27 nitrogen and oxygen atoms in total. The number of carbonyl (C=O) groups excluding carboxylic acids is 13. The number of aliphatic hydroxyl groups excluding tert-OH is 1. The zero-order valence-corrected chi connectivity index (χ0v) is 66.0. The van der Waals surface area contributed by atoms with Crippen molar-refractivity contribution >= 4 is 76.8 Å². The smallest absolute Gasteiger partial charge is 0.246 e. The van der Waals surface area contributed by atoms with Gasteiger partial charge in [-0.2, -0.15) is 0 Å². The molecule has 1 fully saturated rings. The van der Waals surface area contributed by atoms with Gasteiger partial charge in [-0.05, 0) is 93.1 Å². The summed E-state index contributed by atoms with van der Waals surface area (Å²) < 4.78 is 0. The standard InChI is InChI=1S/C78H127N13O14/c1-18-22-39-90(65(94)45-55(11)92)50-68(97)85(14)63(47-57-35-29-25-30-36-57)77(104)87(16)61(44-52(7)8)72(99)81-58(37-38-64(93)80-12)75(102)88(17)70(54(10)21-4)74(101)82-59(76(103)89-41-31-26-32-42-89)48-66(95)91(40-23-19-2)49-67(96)84(13)62(46-56-33-27-24-28-34-56)73(100)83-69(53(9)20-3)78(105)86(15)60(71(79)98)43-51(5)6/h24-25,27-30,33-36,51-55,58-63,69-70,92H,18-23,26,31-32,37-50H2,1-17H3,(H2,79,98)(H,80,93)(H,81,99)(H,82,101)(H,83,100)/t53-,54-,55+,58-,59-,60-,61-,62-,63-,69-,70-/m0/s1. The van der Waals surface area contributed by atoms with Crippen molar-refractivity contribution < 1.29 is 67.4 Å². The van der Waals surface area contributed by atoms with E-state index in [9.17, 15) is 43.5 Å². The fourth-order valence-corrected chi connectivity index (χ4v) is 13.0. The molecule has 0 aromatic heterocycles. The molecule has 27 heteroatoms. The Balaban J connectivity index is 2.10. The zero-order valence-electron chi connectivity index (χ0n) is 66.0. The molecule has 588 valence electrons. The second kappa shape index (κ2) is 45.8. The molecule has 2 aromatic carbocycles. The summed E-state index contributed by atoms with van der Waals surface area (Å²) in [5.74, 6) is -9.44. The number of benzene rings is 2. The third-order valence-corrected chi connectivity index (χ3v) is 20.1. The van der Waals surface area contributed by atoms with E-state index in [-0.39, 0.29) is 70.0 Å². The van der Waals surface area contributed by atoms with E-state index in [1.807, 2.05) is 48.5 Å². The number of hydrogen-bond acceptors (Lipinski definition) is 14. The minimum absolute atomic E-state index is 0.00737. The highest BCUT2D eigenvalue weighted by molar-refractivity contribution is 5.99. The van der Waals surface area contributed by atoms with Crippen LogP contribution < -0.4 is 27.0 Å². The van der Waals surface area contributed by atoms with Crippen molar-refractivity contribution in [2.45, 2.75) is 240 Å². The predicted octanol–water partition coefficient (Wildman–Crippen LogP) is 4.69. The summed E-state index contributed by atoms with van der Waals surface area (Å²) in [5, 5.41) is 21.3. The Morgan fingerprint density at radius 3 is 1.43 bits per heavy atom. The highest BCUT2D eigenvalue weighted by Crippen LogP contribution is 2.24. The number of amides is 13. The third-order valence-electron chi connectivity index (χ3n) is 20.1. The number of rotatable bonds is 45. The van der Waals surface area contributed by atoms with E-state index in [0.29, 0.717) is 75.6 Å². The molecule has 0 saturated carbocycles. The minimum Gasteiger partial charge on any atom is -0.393 e. The van der Waals surface area contributed by atoms with Crippen molar-refractivity contribution in [1.29, 1.82) is 0 Å². The number of nitrogens with one attached hydrogen (secondary N) is 4. The number of likely N-dealkylation sites (N-methyl/N-ethyl adjacent to an activating group) is 5. The van der Waals surface area contributed by atoms with Gasteiger partial charge in [0.25, 0.3) is 0 Å². The average molecular weight is 1470 g/mol. The Bertz CT molecular complexity index is 3150.